The largest absolute Gasteiger partial charge is 0.493 e. The summed E-state index contributed by atoms with van der Waals surface area (Å²) in [5.74, 6) is 1.95. The number of ether oxygens (including phenoxy) is 2. The molecule has 2 heterocycles. The lowest BCUT2D eigenvalue weighted by molar-refractivity contribution is -0.113. The molecule has 0 spiro atoms. The van der Waals surface area contributed by atoms with Crippen molar-refractivity contribution in [3.05, 3.63) is 108 Å². The zero-order valence-corrected chi connectivity index (χ0v) is 25.1. The Balaban J connectivity index is 1.05. The number of carbonyl (C=O) groups excluding carboxylic acids is 2. The number of hydrogen-bond donors (Lipinski definition) is 2. The summed E-state index contributed by atoms with van der Waals surface area (Å²) in [7, 11) is 3.18. The number of carbonyl (C=O) groups is 2. The predicted octanol–water partition coefficient (Wildman–Crippen LogP) is 6.92. The van der Waals surface area contributed by atoms with Crippen LogP contribution in [0, 0.1) is 0 Å². The molecule has 0 saturated carbocycles. The number of nitrogens with zero attached hydrogens (tertiary/aromatic N) is 3. The quantitative estimate of drug-likeness (QED) is 0.0903. The van der Waals surface area contributed by atoms with Crippen LogP contribution >= 0.6 is 11.8 Å². The third-order valence-corrected chi connectivity index (χ3v) is 7.62. The second kappa shape index (κ2) is 13.3. The average Bonchev–Trinajstić information content (AvgIpc) is 3.74. The summed E-state index contributed by atoms with van der Waals surface area (Å²) in [6.07, 6.45) is 3.30. The smallest absolute Gasteiger partial charge is 0.277 e. The SMILES string of the molecule is COc1ccc(-c2nc3ccc(-c4nnc(SCC(=O)Nc5ccc(C(=O)/C=C/c6ccccc6)cc5)o4)cc3[nH]2)cc1OC. The molecular weight excluding hydrogens is 590 g/mol. The summed E-state index contributed by atoms with van der Waals surface area (Å²) in [4.78, 5) is 33.0. The van der Waals surface area contributed by atoms with Crippen LogP contribution < -0.4 is 14.8 Å². The van der Waals surface area contributed by atoms with Gasteiger partial charge in [-0.15, -0.1) is 10.2 Å². The van der Waals surface area contributed by atoms with Crippen LogP contribution in [-0.2, 0) is 4.79 Å². The summed E-state index contributed by atoms with van der Waals surface area (Å²) >= 11 is 1.13. The van der Waals surface area contributed by atoms with Gasteiger partial charge >= 0.3 is 0 Å². The monoisotopic (exact) mass is 617 g/mol. The molecule has 2 aromatic heterocycles. The third-order valence-electron chi connectivity index (χ3n) is 6.80. The number of fused-ring (bicyclic) bond motifs is 1. The zero-order valence-electron chi connectivity index (χ0n) is 24.3. The average molecular weight is 618 g/mol. The highest BCUT2D eigenvalue weighted by molar-refractivity contribution is 7.99. The van der Waals surface area contributed by atoms with Crippen LogP contribution in [0.3, 0.4) is 0 Å². The van der Waals surface area contributed by atoms with Crippen molar-refractivity contribution < 1.29 is 23.5 Å². The number of thioether (sulfide) groups is 1. The summed E-state index contributed by atoms with van der Waals surface area (Å²) in [5, 5.41) is 11.3. The molecule has 2 N–H and O–H groups in total. The zero-order chi connectivity index (χ0) is 31.2. The molecular formula is C34H27N5O5S. The summed E-state index contributed by atoms with van der Waals surface area (Å²) < 4.78 is 16.6. The van der Waals surface area contributed by atoms with Crippen LogP contribution in [0.2, 0.25) is 0 Å². The molecule has 0 bridgehead atoms. The highest BCUT2D eigenvalue weighted by Gasteiger charge is 2.15. The number of allylic oxidation sites excluding steroid dienone is 1. The number of amides is 1. The first kappa shape index (κ1) is 29.4. The molecule has 0 aliphatic heterocycles. The van der Waals surface area contributed by atoms with Gasteiger partial charge in [-0.25, -0.2) is 4.98 Å². The highest BCUT2D eigenvalue weighted by atomic mass is 32.2. The van der Waals surface area contributed by atoms with Crippen molar-refractivity contribution in [1.29, 1.82) is 0 Å². The van der Waals surface area contributed by atoms with Crippen molar-refractivity contribution in [3.8, 4) is 34.3 Å². The minimum absolute atomic E-state index is 0.0659. The van der Waals surface area contributed by atoms with Gasteiger partial charge in [-0.05, 0) is 72.3 Å². The number of rotatable bonds is 11. The fraction of sp³-hybridized carbons (Fsp3) is 0.0882. The molecule has 0 fully saturated rings. The van der Waals surface area contributed by atoms with Crippen molar-refractivity contribution in [2.75, 3.05) is 25.3 Å². The Kier molecular flexibility index (Phi) is 8.70. The van der Waals surface area contributed by atoms with Gasteiger partial charge in [0.2, 0.25) is 11.8 Å². The number of ketones is 1. The van der Waals surface area contributed by atoms with E-state index in [-0.39, 0.29) is 22.7 Å². The Morgan fingerprint density at radius 3 is 2.44 bits per heavy atom. The molecule has 6 rings (SSSR count). The topological polar surface area (TPSA) is 132 Å². The molecule has 6 aromatic rings. The summed E-state index contributed by atoms with van der Waals surface area (Å²) in [6.45, 7) is 0. The van der Waals surface area contributed by atoms with E-state index in [1.807, 2.05) is 66.7 Å². The number of H-pyrrole nitrogens is 1. The lowest BCUT2D eigenvalue weighted by atomic mass is 10.1. The van der Waals surface area contributed by atoms with Crippen molar-refractivity contribution in [1.82, 2.24) is 20.2 Å². The van der Waals surface area contributed by atoms with Gasteiger partial charge in [0.25, 0.3) is 5.22 Å². The molecule has 224 valence electrons. The van der Waals surface area contributed by atoms with Crippen LogP contribution in [0.15, 0.2) is 107 Å². The molecule has 0 aliphatic carbocycles. The Labute approximate surface area is 262 Å². The van der Waals surface area contributed by atoms with E-state index in [0.29, 0.717) is 40.0 Å². The molecule has 0 aliphatic rings. The maximum absolute atomic E-state index is 12.6. The first-order chi connectivity index (χ1) is 22.0. The highest BCUT2D eigenvalue weighted by Crippen LogP contribution is 2.33. The van der Waals surface area contributed by atoms with Gasteiger partial charge in [0.05, 0.1) is 31.0 Å². The van der Waals surface area contributed by atoms with Crippen LogP contribution in [0.25, 0.3) is 40.0 Å². The number of aromatic amines is 1. The van der Waals surface area contributed by atoms with Crippen LogP contribution in [0.1, 0.15) is 15.9 Å². The minimum Gasteiger partial charge on any atom is -0.493 e. The van der Waals surface area contributed by atoms with Gasteiger partial charge in [-0.3, -0.25) is 9.59 Å². The lowest BCUT2D eigenvalue weighted by Crippen LogP contribution is -2.14. The van der Waals surface area contributed by atoms with Crippen molar-refractivity contribution >= 4 is 46.2 Å². The fourth-order valence-corrected chi connectivity index (χ4v) is 5.09. The normalized spacial score (nSPS) is 11.2. The van der Waals surface area contributed by atoms with E-state index in [1.165, 1.54) is 6.08 Å². The van der Waals surface area contributed by atoms with Crippen molar-refractivity contribution in [3.63, 3.8) is 0 Å². The second-order valence-electron chi connectivity index (χ2n) is 9.78. The third kappa shape index (κ3) is 6.94. The molecule has 0 unspecified atom stereocenters. The van der Waals surface area contributed by atoms with Gasteiger partial charge in [-0.2, -0.15) is 0 Å². The summed E-state index contributed by atoms with van der Waals surface area (Å²) in [5.41, 5.74) is 5.18. The van der Waals surface area contributed by atoms with E-state index in [9.17, 15) is 9.59 Å². The fourth-order valence-electron chi connectivity index (χ4n) is 4.52. The summed E-state index contributed by atoms with van der Waals surface area (Å²) in [6, 6.07) is 27.5. The van der Waals surface area contributed by atoms with Crippen LogP contribution in [0.4, 0.5) is 5.69 Å². The van der Waals surface area contributed by atoms with Crippen LogP contribution in [-0.4, -0.2) is 51.8 Å². The Morgan fingerprint density at radius 2 is 1.67 bits per heavy atom. The number of hydrogen-bond acceptors (Lipinski definition) is 9. The number of benzene rings is 4. The van der Waals surface area contributed by atoms with Gasteiger partial charge < -0.3 is 24.2 Å². The first-order valence-corrected chi connectivity index (χ1v) is 14.8. The molecule has 0 atom stereocenters. The van der Waals surface area contributed by atoms with E-state index >= 15 is 0 Å². The van der Waals surface area contributed by atoms with E-state index in [0.717, 1.165) is 33.9 Å². The predicted molar refractivity (Wildman–Crippen MR) is 174 cm³/mol. The molecule has 11 heteroatoms. The van der Waals surface area contributed by atoms with Crippen molar-refractivity contribution in [2.24, 2.45) is 0 Å². The van der Waals surface area contributed by atoms with E-state index in [1.54, 1.807) is 44.6 Å². The Bertz CT molecular complexity index is 2000. The Morgan fingerprint density at radius 1 is 0.889 bits per heavy atom. The van der Waals surface area contributed by atoms with E-state index in [2.05, 4.69) is 25.5 Å². The minimum atomic E-state index is -0.246. The molecule has 45 heavy (non-hydrogen) atoms. The molecule has 1 amide bonds. The molecule has 4 aromatic carbocycles. The van der Waals surface area contributed by atoms with Crippen LogP contribution in [0.5, 0.6) is 11.5 Å². The van der Waals surface area contributed by atoms with Gasteiger partial charge in [0, 0.05) is 22.4 Å². The number of aromatic nitrogens is 4. The first-order valence-electron chi connectivity index (χ1n) is 13.9. The van der Waals surface area contributed by atoms with Crippen molar-refractivity contribution in [2.45, 2.75) is 5.22 Å². The lowest BCUT2D eigenvalue weighted by Gasteiger charge is -2.08. The van der Waals surface area contributed by atoms with Gasteiger partial charge in [0.1, 0.15) is 5.82 Å². The molecule has 0 saturated heterocycles. The number of methoxy groups -OCH3 is 2. The number of nitrogens with one attached hydrogen (secondary N) is 2. The Hall–Kier alpha value is -5.68. The molecule has 0 radical (unpaired) electrons. The van der Waals surface area contributed by atoms with Gasteiger partial charge in [-0.1, -0.05) is 48.2 Å². The maximum Gasteiger partial charge on any atom is 0.277 e. The maximum atomic E-state index is 12.6. The van der Waals surface area contributed by atoms with E-state index < -0.39 is 0 Å². The van der Waals surface area contributed by atoms with E-state index in [4.69, 9.17) is 13.9 Å². The molecule has 10 nitrogen and oxygen atoms in total. The second-order valence-corrected chi connectivity index (χ2v) is 10.7. The van der Waals surface area contributed by atoms with Gasteiger partial charge in [0.15, 0.2) is 17.3 Å². The number of anilines is 1. The standard InChI is InChI=1S/C34H27N5O5S/c1-42-29-17-12-23(19-30(29)43-2)32-36-26-15-11-24(18-27(26)37-32)33-38-39-34(44-33)45-20-31(41)35-25-13-9-22(10-14-25)28(40)16-8-21-6-4-3-5-7-21/h3-19H,20H2,1-2H3,(H,35,41)(H,36,37)/b16-8+. The number of imidazole rings is 1.